The average molecular weight is 349 g/mol. The third kappa shape index (κ3) is 2.78. The molecule has 1 aromatic carbocycles. The normalized spacial score (nSPS) is 11.0. The quantitative estimate of drug-likeness (QED) is 0.683. The van der Waals surface area contributed by atoms with Crippen LogP contribution in [0.5, 0.6) is 0 Å². The van der Waals surface area contributed by atoms with Crippen LogP contribution in [-0.2, 0) is 6.54 Å². The van der Waals surface area contributed by atoms with Gasteiger partial charge >= 0.3 is 11.2 Å². The summed E-state index contributed by atoms with van der Waals surface area (Å²) in [5, 5.41) is 4.00. The van der Waals surface area contributed by atoms with Crippen LogP contribution in [0.1, 0.15) is 13.8 Å². The maximum absolute atomic E-state index is 13.3. The molecule has 0 spiro atoms. The zero-order valence-electron chi connectivity index (χ0n) is 13.0. The molecular weight excluding hydrogens is 335 g/mol. The van der Waals surface area contributed by atoms with Crippen LogP contribution in [0.15, 0.2) is 51.8 Å². The summed E-state index contributed by atoms with van der Waals surface area (Å²) in [6.07, 6.45) is 4.71. The summed E-state index contributed by atoms with van der Waals surface area (Å²) in [4.78, 5) is 24.9. The molecule has 6 nitrogen and oxygen atoms in total. The SMILES string of the molecule is CC(C)=CCn1nc2c(=O)n(-c3ccc(F)c(Cl)c3)ccn2c1=O. The monoisotopic (exact) mass is 348 g/mol. The summed E-state index contributed by atoms with van der Waals surface area (Å²) in [7, 11) is 0. The number of benzene rings is 1. The molecule has 3 aromatic rings. The summed E-state index contributed by atoms with van der Waals surface area (Å²) >= 11 is 5.76. The van der Waals surface area contributed by atoms with E-state index in [1.54, 1.807) is 0 Å². The summed E-state index contributed by atoms with van der Waals surface area (Å²) in [6.45, 7) is 4.10. The number of allylic oxidation sites excluding steroid dienone is 2. The van der Waals surface area contributed by atoms with Gasteiger partial charge in [0.2, 0.25) is 5.65 Å². The summed E-state index contributed by atoms with van der Waals surface area (Å²) in [5.41, 5.74) is 0.528. The minimum atomic E-state index is -0.572. The Morgan fingerprint density at radius 2 is 2.04 bits per heavy atom. The van der Waals surface area contributed by atoms with Crippen molar-refractivity contribution >= 4 is 17.2 Å². The van der Waals surface area contributed by atoms with Gasteiger partial charge < -0.3 is 0 Å². The van der Waals surface area contributed by atoms with Crippen LogP contribution in [0.2, 0.25) is 5.02 Å². The molecule has 124 valence electrons. The predicted octanol–water partition coefficient (Wildman–Crippen LogP) is 2.41. The number of halogens is 2. The fourth-order valence-corrected chi connectivity index (χ4v) is 2.41. The molecule has 2 heterocycles. The van der Waals surface area contributed by atoms with Crippen molar-refractivity contribution in [2.24, 2.45) is 0 Å². The molecule has 0 fully saturated rings. The van der Waals surface area contributed by atoms with E-state index >= 15 is 0 Å². The van der Waals surface area contributed by atoms with Gasteiger partial charge in [-0.1, -0.05) is 23.3 Å². The number of fused-ring (bicyclic) bond motifs is 1. The van der Waals surface area contributed by atoms with Gasteiger partial charge in [-0.3, -0.25) is 9.36 Å². The highest BCUT2D eigenvalue weighted by Gasteiger charge is 2.13. The molecule has 0 radical (unpaired) electrons. The standard InChI is InChI=1S/C16H14ClFN4O2/c1-10(2)5-6-22-16(24)21-8-7-20(15(23)14(21)19-22)11-3-4-13(18)12(17)9-11/h3-5,7-9H,6H2,1-2H3. The lowest BCUT2D eigenvalue weighted by molar-refractivity contribution is 0.627. The number of nitrogens with zero attached hydrogens (tertiary/aromatic N) is 4. The van der Waals surface area contributed by atoms with Crippen molar-refractivity contribution in [3.63, 3.8) is 0 Å². The summed E-state index contributed by atoms with van der Waals surface area (Å²) in [6, 6.07) is 3.94. The summed E-state index contributed by atoms with van der Waals surface area (Å²) in [5.74, 6) is -0.572. The van der Waals surface area contributed by atoms with Gasteiger partial charge in [0.05, 0.1) is 17.3 Å². The molecule has 0 aliphatic heterocycles. The molecule has 2 aromatic heterocycles. The van der Waals surface area contributed by atoms with E-state index in [2.05, 4.69) is 5.10 Å². The zero-order valence-corrected chi connectivity index (χ0v) is 13.8. The average Bonchev–Trinajstić information content (AvgIpc) is 2.86. The Morgan fingerprint density at radius 1 is 1.29 bits per heavy atom. The van der Waals surface area contributed by atoms with Gasteiger partial charge in [0.1, 0.15) is 5.82 Å². The second-order valence-electron chi connectivity index (χ2n) is 5.51. The van der Waals surface area contributed by atoms with Crippen molar-refractivity contribution in [3.8, 4) is 5.69 Å². The smallest absolute Gasteiger partial charge is 0.280 e. The molecule has 0 unspecified atom stereocenters. The van der Waals surface area contributed by atoms with Crippen LogP contribution in [0.4, 0.5) is 4.39 Å². The van der Waals surface area contributed by atoms with E-state index in [1.807, 2.05) is 19.9 Å². The Balaban J connectivity index is 2.18. The first-order valence-corrected chi connectivity index (χ1v) is 7.56. The van der Waals surface area contributed by atoms with Crippen LogP contribution in [0.3, 0.4) is 0 Å². The van der Waals surface area contributed by atoms with Crippen LogP contribution < -0.4 is 11.2 Å². The van der Waals surface area contributed by atoms with Crippen molar-refractivity contribution in [1.82, 2.24) is 18.7 Å². The molecule has 0 saturated heterocycles. The number of rotatable bonds is 3. The zero-order chi connectivity index (χ0) is 17.4. The van der Waals surface area contributed by atoms with E-state index < -0.39 is 17.1 Å². The molecule has 8 heteroatoms. The fourth-order valence-electron chi connectivity index (χ4n) is 2.24. The van der Waals surface area contributed by atoms with E-state index in [0.29, 0.717) is 5.69 Å². The van der Waals surface area contributed by atoms with E-state index in [9.17, 15) is 14.0 Å². The molecule has 0 aliphatic rings. The second-order valence-corrected chi connectivity index (χ2v) is 5.92. The first kappa shape index (κ1) is 16.2. The van der Waals surface area contributed by atoms with Gasteiger partial charge in [-0.05, 0) is 32.0 Å². The largest absolute Gasteiger partial charge is 0.350 e. The molecule has 0 bridgehead atoms. The number of hydrogen-bond donors (Lipinski definition) is 0. The van der Waals surface area contributed by atoms with Gasteiger partial charge in [-0.15, -0.1) is 5.10 Å². The molecule has 0 atom stereocenters. The van der Waals surface area contributed by atoms with Crippen LogP contribution in [-0.4, -0.2) is 18.7 Å². The Morgan fingerprint density at radius 3 is 2.71 bits per heavy atom. The first-order valence-electron chi connectivity index (χ1n) is 7.18. The van der Waals surface area contributed by atoms with Crippen LogP contribution in [0, 0.1) is 5.82 Å². The minimum absolute atomic E-state index is 0.00916. The van der Waals surface area contributed by atoms with Crippen molar-refractivity contribution < 1.29 is 4.39 Å². The molecule has 24 heavy (non-hydrogen) atoms. The fraction of sp³-hybridized carbons (Fsp3) is 0.188. The van der Waals surface area contributed by atoms with Crippen molar-refractivity contribution in [3.05, 3.63) is 73.9 Å². The molecular formula is C16H14ClFN4O2. The lowest BCUT2D eigenvalue weighted by Gasteiger charge is -2.06. The van der Waals surface area contributed by atoms with Gasteiger partial charge in [-0.25, -0.2) is 18.3 Å². The van der Waals surface area contributed by atoms with E-state index in [4.69, 9.17) is 11.6 Å². The molecule has 0 amide bonds. The lowest BCUT2D eigenvalue weighted by Crippen LogP contribution is -2.24. The van der Waals surface area contributed by atoms with Crippen LogP contribution in [0.25, 0.3) is 11.3 Å². The molecule has 0 N–H and O–H groups in total. The third-order valence-corrected chi connectivity index (χ3v) is 3.79. The highest BCUT2D eigenvalue weighted by molar-refractivity contribution is 6.30. The maximum Gasteiger partial charge on any atom is 0.350 e. The highest BCUT2D eigenvalue weighted by atomic mass is 35.5. The molecule has 3 rings (SSSR count). The van der Waals surface area contributed by atoms with E-state index in [-0.39, 0.29) is 17.2 Å². The Kier molecular flexibility index (Phi) is 4.11. The Labute approximate surface area is 141 Å². The third-order valence-electron chi connectivity index (χ3n) is 3.50. The Hall–Kier alpha value is -2.67. The first-order chi connectivity index (χ1) is 11.4. The van der Waals surface area contributed by atoms with Gasteiger partial charge in [0, 0.05) is 12.4 Å². The minimum Gasteiger partial charge on any atom is -0.280 e. The molecule has 0 saturated carbocycles. The van der Waals surface area contributed by atoms with Gasteiger partial charge in [0.15, 0.2) is 0 Å². The number of hydrogen-bond acceptors (Lipinski definition) is 3. The van der Waals surface area contributed by atoms with Crippen molar-refractivity contribution in [2.45, 2.75) is 20.4 Å². The van der Waals surface area contributed by atoms with Crippen LogP contribution >= 0.6 is 11.6 Å². The second kappa shape index (κ2) is 6.09. The maximum atomic E-state index is 13.3. The van der Waals surface area contributed by atoms with Gasteiger partial charge in [0.25, 0.3) is 0 Å². The number of aromatic nitrogens is 4. The van der Waals surface area contributed by atoms with Crippen molar-refractivity contribution in [2.75, 3.05) is 0 Å². The van der Waals surface area contributed by atoms with E-state index in [1.165, 1.54) is 44.2 Å². The lowest BCUT2D eigenvalue weighted by atomic mass is 10.3. The van der Waals surface area contributed by atoms with Gasteiger partial charge in [-0.2, -0.15) is 0 Å². The molecule has 0 aliphatic carbocycles. The highest BCUT2D eigenvalue weighted by Crippen LogP contribution is 2.17. The summed E-state index contributed by atoms with van der Waals surface area (Å²) < 4.78 is 16.9. The van der Waals surface area contributed by atoms with E-state index in [0.717, 1.165) is 5.57 Å². The predicted molar refractivity (Wildman–Crippen MR) is 89.4 cm³/mol. The Bertz CT molecular complexity index is 1070. The topological polar surface area (TPSA) is 61.3 Å². The van der Waals surface area contributed by atoms with Crippen molar-refractivity contribution in [1.29, 1.82) is 0 Å².